The number of ether oxygens (including phenoxy) is 1. The molecule has 28 heavy (non-hydrogen) atoms. The lowest BCUT2D eigenvalue weighted by molar-refractivity contribution is 0.130. The van der Waals surface area contributed by atoms with Gasteiger partial charge in [0.15, 0.2) is 5.76 Å². The second-order valence-corrected chi connectivity index (χ2v) is 6.41. The van der Waals surface area contributed by atoms with Crippen molar-refractivity contribution in [2.24, 2.45) is 5.16 Å². The molecule has 5 heteroatoms. The van der Waals surface area contributed by atoms with Gasteiger partial charge in [0.25, 0.3) is 0 Å². The zero-order valence-corrected chi connectivity index (χ0v) is 15.8. The second kappa shape index (κ2) is 7.96. The molecule has 0 fully saturated rings. The summed E-state index contributed by atoms with van der Waals surface area (Å²) in [5.74, 6) is 1.57. The van der Waals surface area contributed by atoms with Gasteiger partial charge in [-0.25, -0.2) is 0 Å². The Morgan fingerprint density at radius 2 is 1.79 bits per heavy atom. The Balaban J connectivity index is 1.53. The highest BCUT2D eigenvalue weighted by Crippen LogP contribution is 2.29. The third kappa shape index (κ3) is 3.74. The number of aromatic nitrogens is 1. The summed E-state index contributed by atoms with van der Waals surface area (Å²) in [5.41, 5.74) is 4.58. The molecule has 0 amide bonds. The molecule has 0 atom stereocenters. The molecule has 0 spiro atoms. The number of hydrogen-bond acceptors (Lipinski definition) is 5. The average Bonchev–Trinajstić information content (AvgIpc) is 3.18. The van der Waals surface area contributed by atoms with E-state index in [-0.39, 0.29) is 0 Å². The summed E-state index contributed by atoms with van der Waals surface area (Å²) in [5, 5.41) is 9.37. The van der Waals surface area contributed by atoms with Crippen LogP contribution in [0.15, 0.2) is 82.5 Å². The number of fused-ring (bicyclic) bond motifs is 1. The normalized spacial score (nSPS) is 11.6. The lowest BCUT2D eigenvalue weighted by Crippen LogP contribution is -1.97. The minimum Gasteiger partial charge on any atom is -0.497 e. The van der Waals surface area contributed by atoms with Crippen LogP contribution < -0.4 is 4.74 Å². The first kappa shape index (κ1) is 17.8. The molecule has 0 saturated carbocycles. The molecule has 0 unspecified atom stereocenters. The zero-order valence-electron chi connectivity index (χ0n) is 15.8. The van der Waals surface area contributed by atoms with E-state index in [9.17, 15) is 0 Å². The maximum atomic E-state index is 5.56. The molecule has 5 nitrogen and oxygen atoms in total. The molecular weight excluding hydrogens is 352 g/mol. The number of rotatable bonds is 6. The molecular formula is C23H20N2O3. The van der Waals surface area contributed by atoms with Crippen molar-refractivity contribution in [1.82, 2.24) is 5.16 Å². The molecule has 4 rings (SSSR count). The van der Waals surface area contributed by atoms with Crippen LogP contribution in [0.5, 0.6) is 5.75 Å². The topological polar surface area (TPSA) is 56.9 Å². The summed E-state index contributed by atoms with van der Waals surface area (Å²) in [6.45, 7) is 2.32. The Bertz CT molecular complexity index is 1100. The van der Waals surface area contributed by atoms with E-state index in [1.165, 1.54) is 0 Å². The van der Waals surface area contributed by atoms with Crippen LogP contribution in [-0.2, 0) is 11.4 Å². The summed E-state index contributed by atoms with van der Waals surface area (Å²) in [6.07, 6.45) is 0. The maximum absolute atomic E-state index is 5.56. The van der Waals surface area contributed by atoms with E-state index in [2.05, 4.69) is 10.3 Å². The van der Waals surface area contributed by atoms with Crippen LogP contribution in [0.3, 0.4) is 0 Å². The Labute approximate surface area is 163 Å². The molecule has 0 aliphatic carbocycles. The highest BCUT2D eigenvalue weighted by Gasteiger charge is 2.12. The van der Waals surface area contributed by atoms with Crippen molar-refractivity contribution in [1.29, 1.82) is 0 Å². The summed E-state index contributed by atoms with van der Waals surface area (Å²) >= 11 is 0. The Morgan fingerprint density at radius 3 is 2.54 bits per heavy atom. The van der Waals surface area contributed by atoms with Crippen molar-refractivity contribution in [2.75, 3.05) is 7.11 Å². The average molecular weight is 372 g/mol. The van der Waals surface area contributed by atoms with Gasteiger partial charge in [0.1, 0.15) is 17.9 Å². The minimum atomic E-state index is 0.395. The van der Waals surface area contributed by atoms with E-state index >= 15 is 0 Å². The smallest absolute Gasteiger partial charge is 0.174 e. The van der Waals surface area contributed by atoms with Gasteiger partial charge >= 0.3 is 0 Å². The molecule has 3 aromatic carbocycles. The molecule has 0 bridgehead atoms. The SMILES string of the molecule is COc1ccc(CO/N=C(\C)c2ccc3noc(-c4ccccc4)c3c2)cc1. The molecule has 0 aliphatic rings. The van der Waals surface area contributed by atoms with E-state index in [1.54, 1.807) is 7.11 Å². The van der Waals surface area contributed by atoms with Gasteiger partial charge in [-0.15, -0.1) is 0 Å². The molecule has 0 aliphatic heterocycles. The Hall–Kier alpha value is -3.60. The standard InChI is InChI=1S/C23H20N2O3/c1-16(24-27-15-17-8-11-20(26-2)12-9-17)19-10-13-22-21(14-19)23(28-25-22)18-6-4-3-5-7-18/h3-14H,15H2,1-2H3/b24-16+. The number of methoxy groups -OCH3 is 1. The first-order valence-electron chi connectivity index (χ1n) is 8.99. The predicted molar refractivity (Wildman–Crippen MR) is 109 cm³/mol. The largest absolute Gasteiger partial charge is 0.497 e. The van der Waals surface area contributed by atoms with E-state index in [1.807, 2.05) is 79.7 Å². The minimum absolute atomic E-state index is 0.395. The van der Waals surface area contributed by atoms with Crippen molar-refractivity contribution >= 4 is 16.6 Å². The van der Waals surface area contributed by atoms with Gasteiger partial charge in [-0.05, 0) is 42.3 Å². The number of nitrogens with zero attached hydrogens (tertiary/aromatic N) is 2. The van der Waals surface area contributed by atoms with Gasteiger partial charge in [0.05, 0.1) is 18.2 Å². The van der Waals surface area contributed by atoms with Gasteiger partial charge in [0, 0.05) is 5.56 Å². The summed E-state index contributed by atoms with van der Waals surface area (Å²) in [7, 11) is 1.65. The van der Waals surface area contributed by atoms with Crippen LogP contribution in [0.2, 0.25) is 0 Å². The molecule has 0 saturated heterocycles. The molecule has 1 heterocycles. The lowest BCUT2D eigenvalue weighted by Gasteiger charge is -2.04. The van der Waals surface area contributed by atoms with Gasteiger partial charge in [-0.1, -0.05) is 58.8 Å². The van der Waals surface area contributed by atoms with Crippen LogP contribution in [0.1, 0.15) is 18.1 Å². The van der Waals surface area contributed by atoms with Gasteiger partial charge in [0.2, 0.25) is 0 Å². The molecule has 0 N–H and O–H groups in total. The van der Waals surface area contributed by atoms with Gasteiger partial charge in [-0.3, -0.25) is 0 Å². The quantitative estimate of drug-likeness (QED) is 0.334. The first-order chi connectivity index (χ1) is 13.7. The van der Waals surface area contributed by atoms with Crippen LogP contribution in [0.25, 0.3) is 22.2 Å². The third-order valence-corrected chi connectivity index (χ3v) is 4.52. The molecule has 4 aromatic rings. The van der Waals surface area contributed by atoms with Crippen molar-refractivity contribution in [3.63, 3.8) is 0 Å². The Kier molecular flexibility index (Phi) is 5.06. The molecule has 140 valence electrons. The van der Waals surface area contributed by atoms with Crippen molar-refractivity contribution in [3.05, 3.63) is 83.9 Å². The number of hydrogen-bond donors (Lipinski definition) is 0. The number of benzene rings is 3. The summed E-state index contributed by atoms with van der Waals surface area (Å²) in [6, 6.07) is 23.6. The van der Waals surface area contributed by atoms with Crippen molar-refractivity contribution in [3.8, 4) is 17.1 Å². The van der Waals surface area contributed by atoms with Gasteiger partial charge < -0.3 is 14.1 Å². The first-order valence-corrected chi connectivity index (χ1v) is 8.99. The van der Waals surface area contributed by atoms with E-state index in [0.717, 1.165) is 44.8 Å². The van der Waals surface area contributed by atoms with Crippen LogP contribution in [0.4, 0.5) is 0 Å². The van der Waals surface area contributed by atoms with E-state index in [0.29, 0.717) is 6.61 Å². The predicted octanol–water partition coefficient (Wildman–Crippen LogP) is 5.44. The molecule has 0 radical (unpaired) electrons. The maximum Gasteiger partial charge on any atom is 0.174 e. The highest BCUT2D eigenvalue weighted by molar-refractivity contribution is 6.03. The van der Waals surface area contributed by atoms with Crippen molar-refractivity contribution in [2.45, 2.75) is 13.5 Å². The third-order valence-electron chi connectivity index (χ3n) is 4.52. The fourth-order valence-corrected chi connectivity index (χ4v) is 2.94. The number of oxime groups is 1. The van der Waals surface area contributed by atoms with Gasteiger partial charge in [-0.2, -0.15) is 0 Å². The summed E-state index contributed by atoms with van der Waals surface area (Å²) < 4.78 is 10.7. The van der Waals surface area contributed by atoms with Crippen molar-refractivity contribution < 1.29 is 14.1 Å². The fourth-order valence-electron chi connectivity index (χ4n) is 2.94. The fraction of sp³-hybridized carbons (Fsp3) is 0.130. The molecule has 1 aromatic heterocycles. The van der Waals surface area contributed by atoms with Crippen LogP contribution in [0, 0.1) is 0 Å². The monoisotopic (exact) mass is 372 g/mol. The zero-order chi connectivity index (χ0) is 19.3. The summed E-state index contributed by atoms with van der Waals surface area (Å²) in [4.78, 5) is 5.53. The van der Waals surface area contributed by atoms with E-state index in [4.69, 9.17) is 14.1 Å². The lowest BCUT2D eigenvalue weighted by atomic mass is 10.0. The highest BCUT2D eigenvalue weighted by atomic mass is 16.6. The van der Waals surface area contributed by atoms with E-state index < -0.39 is 0 Å². The Morgan fingerprint density at radius 1 is 1.00 bits per heavy atom. The van der Waals surface area contributed by atoms with Crippen LogP contribution in [-0.4, -0.2) is 18.0 Å². The second-order valence-electron chi connectivity index (χ2n) is 6.41. The van der Waals surface area contributed by atoms with Crippen LogP contribution >= 0.6 is 0 Å².